The van der Waals surface area contributed by atoms with Crippen LogP contribution < -0.4 is 0 Å². The summed E-state index contributed by atoms with van der Waals surface area (Å²) in [5.74, 6) is 1.86. The largest absolute Gasteiger partial charge is 0.314 e. The molecule has 38 valence electrons. The normalized spacial score (nSPS) is 21.9. The summed E-state index contributed by atoms with van der Waals surface area (Å²) >= 11 is 4.52. The van der Waals surface area contributed by atoms with Crippen LogP contribution in [0.15, 0.2) is 12.3 Å². The molecule has 1 rings (SSSR count). The van der Waals surface area contributed by atoms with Crippen molar-refractivity contribution in [2.75, 3.05) is 0 Å². The summed E-state index contributed by atoms with van der Waals surface area (Å²) in [7, 11) is 0.828. The predicted molar refractivity (Wildman–Crippen MR) is 31.7 cm³/mol. The van der Waals surface area contributed by atoms with Crippen LogP contribution in [0, 0.1) is 0 Å². The van der Waals surface area contributed by atoms with Gasteiger partial charge in [-0.05, 0) is 6.08 Å². The summed E-state index contributed by atoms with van der Waals surface area (Å²) in [4.78, 5) is 4.62. The van der Waals surface area contributed by atoms with Crippen molar-refractivity contribution < 1.29 is 8.64 Å². The molecule has 0 aromatic heterocycles. The van der Waals surface area contributed by atoms with Gasteiger partial charge in [0.1, 0.15) is 0 Å². The third-order valence-electron chi connectivity index (χ3n) is 0.449. The van der Waals surface area contributed by atoms with Crippen LogP contribution in [0.25, 0.3) is 0 Å². The van der Waals surface area contributed by atoms with Gasteiger partial charge in [-0.3, -0.25) is 16.7 Å². The van der Waals surface area contributed by atoms with Crippen molar-refractivity contribution in [2.24, 2.45) is 0 Å². The summed E-state index contributed by atoms with van der Waals surface area (Å²) in [5.41, 5.74) is 0. The van der Waals surface area contributed by atoms with Gasteiger partial charge in [0.25, 0.3) is 0 Å². The van der Waals surface area contributed by atoms with Crippen LogP contribution >= 0.6 is 8.43 Å². The average Bonchev–Trinajstić information content (AvgIpc) is 1.69. The Balaban J connectivity index is 2.49. The summed E-state index contributed by atoms with van der Waals surface area (Å²) in [5, 5.41) is 0. The smallest absolute Gasteiger partial charge is 0.286 e. The summed E-state index contributed by atoms with van der Waals surface area (Å²) in [6.07, 6.45) is 3.30. The molecule has 1 heterocycles. The SMILES string of the molecule is [S-][O+]1OC=CC=P1. The van der Waals surface area contributed by atoms with Gasteiger partial charge >= 0.3 is 8.43 Å². The lowest BCUT2D eigenvalue weighted by Crippen LogP contribution is -1.91. The zero-order chi connectivity index (χ0) is 5.11. The number of hydrogen-bond donors (Lipinski definition) is 0. The van der Waals surface area contributed by atoms with Gasteiger partial charge in [-0.25, -0.2) is 4.89 Å². The van der Waals surface area contributed by atoms with Crippen LogP contribution in [-0.2, 0) is 21.5 Å². The third kappa shape index (κ3) is 1.51. The Kier molecular flexibility index (Phi) is 1.74. The Morgan fingerprint density at radius 2 is 2.57 bits per heavy atom. The second-order valence-electron chi connectivity index (χ2n) is 0.896. The zero-order valence-corrected chi connectivity index (χ0v) is 5.11. The molecule has 0 bridgehead atoms. The maximum absolute atomic E-state index is 4.62. The van der Waals surface area contributed by atoms with Crippen molar-refractivity contribution in [3.05, 3.63) is 12.3 Å². The molecule has 4 heteroatoms. The molecular formula is C3H3O2PS. The first-order valence-electron chi connectivity index (χ1n) is 1.68. The van der Waals surface area contributed by atoms with Gasteiger partial charge in [0.05, 0.1) is 5.80 Å². The monoisotopic (exact) mass is 134 g/mol. The molecule has 0 aliphatic carbocycles. The fraction of sp³-hybridized carbons (Fsp3) is 0. The third-order valence-corrected chi connectivity index (χ3v) is 1.34. The van der Waals surface area contributed by atoms with E-state index in [1.54, 1.807) is 6.08 Å². The molecule has 0 amide bonds. The summed E-state index contributed by atoms with van der Waals surface area (Å²) in [6, 6.07) is 0. The van der Waals surface area contributed by atoms with Crippen LogP contribution in [0.3, 0.4) is 0 Å². The van der Waals surface area contributed by atoms with E-state index in [0.717, 1.165) is 8.43 Å². The van der Waals surface area contributed by atoms with E-state index in [1.807, 2.05) is 9.55 Å². The fourth-order valence-corrected chi connectivity index (χ4v) is 0.758. The highest BCUT2D eigenvalue weighted by Crippen LogP contribution is 2.14. The van der Waals surface area contributed by atoms with Gasteiger partial charge in [-0.1, -0.05) is 0 Å². The molecule has 0 saturated heterocycles. The van der Waals surface area contributed by atoms with Gasteiger partial charge < -0.3 is 0 Å². The molecule has 0 aromatic carbocycles. The number of rotatable bonds is 0. The average molecular weight is 134 g/mol. The van der Waals surface area contributed by atoms with E-state index in [0.29, 0.717) is 0 Å². The van der Waals surface area contributed by atoms with Crippen molar-refractivity contribution >= 4 is 27.1 Å². The lowest BCUT2D eigenvalue weighted by Gasteiger charge is -2.09. The molecule has 0 saturated carbocycles. The van der Waals surface area contributed by atoms with E-state index in [1.165, 1.54) is 6.26 Å². The molecular weight excluding hydrogens is 131 g/mol. The Hall–Kier alpha value is 0.0200. The van der Waals surface area contributed by atoms with E-state index < -0.39 is 0 Å². The Bertz CT molecular complexity index is 112. The minimum Gasteiger partial charge on any atom is -0.286 e. The van der Waals surface area contributed by atoms with Crippen molar-refractivity contribution in [1.82, 2.24) is 0 Å². The quantitative estimate of drug-likeness (QED) is 0.213. The molecule has 0 fully saturated rings. The maximum Gasteiger partial charge on any atom is 0.314 e. The second-order valence-corrected chi connectivity index (χ2v) is 2.29. The van der Waals surface area contributed by atoms with Crippen molar-refractivity contribution in [1.29, 1.82) is 0 Å². The highest BCUT2D eigenvalue weighted by Gasteiger charge is 1.92. The highest BCUT2D eigenvalue weighted by atomic mass is 32.1. The Morgan fingerprint density at radius 3 is 2.86 bits per heavy atom. The second kappa shape index (κ2) is 2.36. The lowest BCUT2D eigenvalue weighted by atomic mass is 10.7. The molecule has 0 N–H and O–H groups in total. The molecule has 0 aromatic rings. The summed E-state index contributed by atoms with van der Waals surface area (Å²) in [6.45, 7) is 0. The van der Waals surface area contributed by atoms with E-state index in [9.17, 15) is 0 Å². The van der Waals surface area contributed by atoms with Crippen LogP contribution in [0.5, 0.6) is 0 Å². The maximum atomic E-state index is 4.62. The van der Waals surface area contributed by atoms with Crippen LogP contribution in [0.4, 0.5) is 0 Å². The topological polar surface area (TPSA) is 11.9 Å². The predicted octanol–water partition coefficient (Wildman–Crippen LogP) is 1.12. The molecule has 1 aliphatic rings. The van der Waals surface area contributed by atoms with Gasteiger partial charge in [-0.15, -0.1) is 0 Å². The number of allylic oxidation sites excluding steroid dienone is 1. The minimum atomic E-state index is 0.828. The highest BCUT2D eigenvalue weighted by molar-refractivity contribution is 7.60. The van der Waals surface area contributed by atoms with Gasteiger partial charge in [0.15, 0.2) is 6.26 Å². The molecule has 0 atom stereocenters. The molecule has 1 aliphatic heterocycles. The molecule has 0 radical (unpaired) electrons. The van der Waals surface area contributed by atoms with Gasteiger partial charge in [0.2, 0.25) is 0 Å². The van der Waals surface area contributed by atoms with E-state index in [-0.39, 0.29) is 0 Å². The first kappa shape index (κ1) is 5.16. The first-order valence-corrected chi connectivity index (χ1v) is 2.89. The molecule has 0 spiro atoms. The minimum absolute atomic E-state index is 0.828. The van der Waals surface area contributed by atoms with E-state index in [4.69, 9.17) is 0 Å². The van der Waals surface area contributed by atoms with E-state index in [2.05, 4.69) is 17.8 Å². The van der Waals surface area contributed by atoms with Gasteiger partial charge in [0, 0.05) is 0 Å². The fourth-order valence-electron chi connectivity index (χ4n) is 0.224. The Morgan fingerprint density at radius 1 is 1.71 bits per heavy atom. The van der Waals surface area contributed by atoms with Crippen LogP contribution in [0.2, 0.25) is 0 Å². The lowest BCUT2D eigenvalue weighted by molar-refractivity contribution is -0.193. The standard InChI is InChI=1S/C3H3O2PS/c7-5-4-2-1-3-6-5/h1-3H. The van der Waals surface area contributed by atoms with Crippen molar-refractivity contribution in [2.45, 2.75) is 0 Å². The zero-order valence-electron chi connectivity index (χ0n) is 3.40. The van der Waals surface area contributed by atoms with Gasteiger partial charge in [-0.2, -0.15) is 0 Å². The van der Waals surface area contributed by atoms with Crippen molar-refractivity contribution in [3.8, 4) is 0 Å². The molecule has 0 unspecified atom stereocenters. The summed E-state index contributed by atoms with van der Waals surface area (Å²) < 4.78 is 1.98. The molecule has 2 nitrogen and oxygen atoms in total. The number of hydrogen-bond acceptors (Lipinski definition) is 2. The Labute approximate surface area is 48.9 Å². The molecule has 7 heavy (non-hydrogen) atoms. The van der Waals surface area contributed by atoms with Crippen molar-refractivity contribution in [3.63, 3.8) is 0 Å². The van der Waals surface area contributed by atoms with Crippen LogP contribution in [-0.4, -0.2) is 5.80 Å². The van der Waals surface area contributed by atoms with Crippen LogP contribution in [0.1, 0.15) is 0 Å². The van der Waals surface area contributed by atoms with E-state index >= 15 is 0 Å². The first-order chi connectivity index (χ1) is 3.39.